The van der Waals surface area contributed by atoms with Gasteiger partial charge < -0.3 is 10.1 Å². The van der Waals surface area contributed by atoms with Crippen molar-refractivity contribution in [2.24, 2.45) is 0 Å². The minimum absolute atomic E-state index is 0.399. The number of para-hydroxylation sites is 1. The number of hydrogen-bond acceptors (Lipinski definition) is 2. The summed E-state index contributed by atoms with van der Waals surface area (Å²) in [6, 6.07) is 6.86. The fraction of sp³-hybridized carbons (Fsp3) is 0.571. The first kappa shape index (κ1) is 13.0. The van der Waals surface area contributed by atoms with Crippen molar-refractivity contribution in [3.05, 3.63) is 29.3 Å². The van der Waals surface area contributed by atoms with Gasteiger partial charge in [0.1, 0.15) is 0 Å². The Morgan fingerprint density at radius 2 is 2.06 bits per heavy atom. The topological polar surface area (TPSA) is 21.3 Å². The number of nitrogens with one attached hydrogen (secondary N) is 1. The number of rotatable bonds is 6. The predicted octanol–water partition coefficient (Wildman–Crippen LogP) is 3.39. The molecule has 0 amide bonds. The molecule has 1 rings (SSSR count). The summed E-state index contributed by atoms with van der Waals surface area (Å²) >= 11 is 0. The van der Waals surface area contributed by atoms with E-state index in [1.807, 2.05) is 0 Å². The van der Waals surface area contributed by atoms with E-state index in [0.29, 0.717) is 6.04 Å². The summed E-state index contributed by atoms with van der Waals surface area (Å²) in [4.78, 5) is 0. The Bertz CT molecular complexity index is 323. The zero-order valence-corrected chi connectivity index (χ0v) is 10.8. The van der Waals surface area contributed by atoms with E-state index in [4.69, 9.17) is 4.74 Å². The second kappa shape index (κ2) is 6.54. The van der Waals surface area contributed by atoms with Gasteiger partial charge in [-0.15, -0.1) is 0 Å². The van der Waals surface area contributed by atoms with Crippen molar-refractivity contribution in [1.82, 2.24) is 0 Å². The van der Waals surface area contributed by atoms with Crippen LogP contribution in [-0.4, -0.2) is 19.8 Å². The molecule has 0 heterocycles. The van der Waals surface area contributed by atoms with Crippen LogP contribution in [0.5, 0.6) is 0 Å². The molecule has 0 aromatic heterocycles. The van der Waals surface area contributed by atoms with E-state index in [-0.39, 0.29) is 0 Å². The summed E-state index contributed by atoms with van der Waals surface area (Å²) in [5.74, 6) is 0. The summed E-state index contributed by atoms with van der Waals surface area (Å²) < 4.78 is 5.22. The molecule has 0 aliphatic carbocycles. The zero-order chi connectivity index (χ0) is 12.0. The van der Waals surface area contributed by atoms with Gasteiger partial charge in [0.2, 0.25) is 0 Å². The Hall–Kier alpha value is -1.02. The largest absolute Gasteiger partial charge is 0.383 e. The van der Waals surface area contributed by atoms with Crippen molar-refractivity contribution in [3.63, 3.8) is 0 Å². The normalized spacial score (nSPS) is 12.5. The van der Waals surface area contributed by atoms with Crippen LogP contribution < -0.4 is 5.32 Å². The predicted molar refractivity (Wildman–Crippen MR) is 70.1 cm³/mol. The van der Waals surface area contributed by atoms with Gasteiger partial charge in [0.25, 0.3) is 0 Å². The van der Waals surface area contributed by atoms with Crippen LogP contribution in [-0.2, 0) is 11.2 Å². The molecule has 0 aliphatic heterocycles. The van der Waals surface area contributed by atoms with E-state index in [1.165, 1.54) is 16.8 Å². The lowest BCUT2D eigenvalue weighted by molar-refractivity contribution is 0.184. The van der Waals surface area contributed by atoms with Crippen LogP contribution in [0, 0.1) is 6.92 Å². The molecule has 0 saturated heterocycles. The van der Waals surface area contributed by atoms with Crippen molar-refractivity contribution >= 4 is 5.69 Å². The Labute approximate surface area is 99.0 Å². The highest BCUT2D eigenvalue weighted by molar-refractivity contribution is 5.57. The van der Waals surface area contributed by atoms with Gasteiger partial charge in [0.05, 0.1) is 6.61 Å². The van der Waals surface area contributed by atoms with E-state index in [1.54, 1.807) is 7.11 Å². The molecule has 1 N–H and O–H groups in total. The number of hydrogen-bond donors (Lipinski definition) is 1. The van der Waals surface area contributed by atoms with Gasteiger partial charge in [-0.05, 0) is 30.9 Å². The van der Waals surface area contributed by atoms with Gasteiger partial charge in [-0.25, -0.2) is 0 Å². The molecular formula is C14H23NO. The number of aryl methyl sites for hydroxylation is 2. The highest BCUT2D eigenvalue weighted by Crippen LogP contribution is 2.22. The van der Waals surface area contributed by atoms with Gasteiger partial charge in [0, 0.05) is 18.8 Å². The molecule has 0 radical (unpaired) electrons. The average molecular weight is 221 g/mol. The number of benzene rings is 1. The molecule has 0 bridgehead atoms. The number of methoxy groups -OCH3 is 1. The van der Waals surface area contributed by atoms with Gasteiger partial charge in [-0.2, -0.15) is 0 Å². The van der Waals surface area contributed by atoms with Crippen LogP contribution in [0.3, 0.4) is 0 Å². The second-order valence-corrected chi connectivity index (χ2v) is 4.17. The standard InChI is InChI=1S/C14H23NO/c1-5-12-9-7-8-11(3)14(12)15-13(6-2)10-16-4/h7-9,13,15H,5-6,10H2,1-4H3. The smallest absolute Gasteiger partial charge is 0.0663 e. The van der Waals surface area contributed by atoms with Gasteiger partial charge in [-0.1, -0.05) is 32.0 Å². The molecule has 16 heavy (non-hydrogen) atoms. The average Bonchev–Trinajstić information content (AvgIpc) is 2.30. The van der Waals surface area contributed by atoms with E-state index in [0.717, 1.165) is 19.4 Å². The van der Waals surface area contributed by atoms with Crippen molar-refractivity contribution in [2.75, 3.05) is 19.0 Å². The Morgan fingerprint density at radius 1 is 1.31 bits per heavy atom. The Morgan fingerprint density at radius 3 is 2.62 bits per heavy atom. The van der Waals surface area contributed by atoms with E-state index in [2.05, 4.69) is 44.3 Å². The molecule has 0 saturated carbocycles. The summed E-state index contributed by atoms with van der Waals surface area (Å²) in [5, 5.41) is 3.59. The van der Waals surface area contributed by atoms with Crippen LogP contribution >= 0.6 is 0 Å². The lowest BCUT2D eigenvalue weighted by Gasteiger charge is -2.21. The number of anilines is 1. The van der Waals surface area contributed by atoms with Gasteiger partial charge in [-0.3, -0.25) is 0 Å². The van der Waals surface area contributed by atoms with Crippen LogP contribution in [0.2, 0.25) is 0 Å². The minimum atomic E-state index is 0.399. The molecule has 1 unspecified atom stereocenters. The maximum absolute atomic E-state index is 5.22. The fourth-order valence-electron chi connectivity index (χ4n) is 1.90. The maximum Gasteiger partial charge on any atom is 0.0663 e. The number of ether oxygens (including phenoxy) is 1. The Kier molecular flexibility index (Phi) is 5.33. The first-order chi connectivity index (χ1) is 7.72. The quantitative estimate of drug-likeness (QED) is 0.795. The lowest BCUT2D eigenvalue weighted by Crippen LogP contribution is -2.25. The van der Waals surface area contributed by atoms with Gasteiger partial charge in [0.15, 0.2) is 0 Å². The summed E-state index contributed by atoms with van der Waals surface area (Å²) in [7, 11) is 1.75. The van der Waals surface area contributed by atoms with Crippen LogP contribution in [0.15, 0.2) is 18.2 Å². The van der Waals surface area contributed by atoms with E-state index >= 15 is 0 Å². The SMILES string of the molecule is CCc1cccc(C)c1NC(CC)COC. The third-order valence-corrected chi connectivity index (χ3v) is 2.95. The molecule has 1 atom stereocenters. The minimum Gasteiger partial charge on any atom is -0.383 e. The third kappa shape index (κ3) is 3.24. The Balaban J connectivity index is 2.85. The molecule has 0 aliphatic rings. The van der Waals surface area contributed by atoms with Gasteiger partial charge >= 0.3 is 0 Å². The molecular weight excluding hydrogens is 198 g/mol. The molecule has 1 aromatic rings. The van der Waals surface area contributed by atoms with E-state index < -0.39 is 0 Å². The summed E-state index contributed by atoms with van der Waals surface area (Å²) in [6.07, 6.45) is 2.14. The van der Waals surface area contributed by atoms with Crippen LogP contribution in [0.1, 0.15) is 31.4 Å². The van der Waals surface area contributed by atoms with Crippen molar-refractivity contribution < 1.29 is 4.74 Å². The molecule has 0 fully saturated rings. The van der Waals surface area contributed by atoms with Crippen molar-refractivity contribution in [2.45, 2.75) is 39.7 Å². The highest BCUT2D eigenvalue weighted by atomic mass is 16.5. The lowest BCUT2D eigenvalue weighted by atomic mass is 10.0. The van der Waals surface area contributed by atoms with Crippen molar-refractivity contribution in [1.29, 1.82) is 0 Å². The first-order valence-corrected chi connectivity index (χ1v) is 6.06. The first-order valence-electron chi connectivity index (χ1n) is 6.06. The highest BCUT2D eigenvalue weighted by Gasteiger charge is 2.09. The zero-order valence-electron chi connectivity index (χ0n) is 10.8. The van der Waals surface area contributed by atoms with Crippen LogP contribution in [0.25, 0.3) is 0 Å². The summed E-state index contributed by atoms with van der Waals surface area (Å²) in [6.45, 7) is 7.28. The maximum atomic E-state index is 5.22. The third-order valence-electron chi connectivity index (χ3n) is 2.95. The van der Waals surface area contributed by atoms with Crippen LogP contribution in [0.4, 0.5) is 5.69 Å². The molecule has 2 nitrogen and oxygen atoms in total. The van der Waals surface area contributed by atoms with Crippen molar-refractivity contribution in [3.8, 4) is 0 Å². The molecule has 2 heteroatoms. The monoisotopic (exact) mass is 221 g/mol. The summed E-state index contributed by atoms with van der Waals surface area (Å²) in [5.41, 5.74) is 3.98. The molecule has 0 spiro atoms. The molecule has 1 aromatic carbocycles. The van der Waals surface area contributed by atoms with E-state index in [9.17, 15) is 0 Å². The molecule has 90 valence electrons. The second-order valence-electron chi connectivity index (χ2n) is 4.17. The fourth-order valence-corrected chi connectivity index (χ4v) is 1.90.